The van der Waals surface area contributed by atoms with Gasteiger partial charge < -0.3 is 15.0 Å². The lowest BCUT2D eigenvalue weighted by Crippen LogP contribution is -2.50. The van der Waals surface area contributed by atoms with E-state index >= 15 is 0 Å². The number of para-hydroxylation sites is 1. The highest BCUT2D eigenvalue weighted by Gasteiger charge is 2.22. The lowest BCUT2D eigenvalue weighted by atomic mass is 10.3. The Bertz CT molecular complexity index is 973. The summed E-state index contributed by atoms with van der Waals surface area (Å²) >= 11 is 6.11. The van der Waals surface area contributed by atoms with E-state index in [1.165, 1.54) is 0 Å². The number of aromatic nitrogens is 3. The van der Waals surface area contributed by atoms with Gasteiger partial charge in [0, 0.05) is 51.3 Å². The molecule has 8 nitrogen and oxygen atoms in total. The van der Waals surface area contributed by atoms with Gasteiger partial charge in [0.15, 0.2) is 5.82 Å². The first kappa shape index (κ1) is 20.2. The van der Waals surface area contributed by atoms with Crippen LogP contribution in [0.3, 0.4) is 0 Å². The van der Waals surface area contributed by atoms with Gasteiger partial charge in [-0.2, -0.15) is 5.10 Å². The van der Waals surface area contributed by atoms with E-state index in [0.717, 1.165) is 19.6 Å². The van der Waals surface area contributed by atoms with Crippen LogP contribution in [-0.4, -0.2) is 69.9 Å². The van der Waals surface area contributed by atoms with E-state index in [2.05, 4.69) is 20.3 Å². The van der Waals surface area contributed by atoms with Crippen LogP contribution in [0, 0.1) is 0 Å². The Kier molecular flexibility index (Phi) is 6.46. The summed E-state index contributed by atoms with van der Waals surface area (Å²) in [4.78, 5) is 21.2. The Balaban J connectivity index is 1.26. The first-order valence-corrected chi connectivity index (χ1v) is 10.2. The number of rotatable bonds is 6. The monoisotopic (exact) mass is 426 g/mol. The highest BCUT2D eigenvalue weighted by Crippen LogP contribution is 2.23. The number of amides is 2. The largest absolute Gasteiger partial charge is 0.491 e. The fourth-order valence-corrected chi connectivity index (χ4v) is 3.48. The molecular formula is C21H23ClN6O2. The van der Waals surface area contributed by atoms with E-state index in [1.807, 2.05) is 41.3 Å². The van der Waals surface area contributed by atoms with E-state index in [-0.39, 0.29) is 6.03 Å². The second kappa shape index (κ2) is 9.60. The summed E-state index contributed by atoms with van der Waals surface area (Å²) < 4.78 is 7.39. The van der Waals surface area contributed by atoms with Crippen LogP contribution < -0.4 is 10.1 Å². The molecule has 0 bridgehead atoms. The van der Waals surface area contributed by atoms with Crippen molar-refractivity contribution in [1.29, 1.82) is 0 Å². The normalized spacial score (nSPS) is 14.5. The highest BCUT2D eigenvalue weighted by molar-refractivity contribution is 6.32. The molecular weight excluding hydrogens is 404 g/mol. The molecule has 1 N–H and O–H groups in total. The maximum absolute atomic E-state index is 12.7. The molecule has 9 heteroatoms. The van der Waals surface area contributed by atoms with Crippen LogP contribution in [0.5, 0.6) is 5.75 Å². The molecule has 1 aromatic carbocycles. The molecule has 1 saturated heterocycles. The van der Waals surface area contributed by atoms with Crippen molar-refractivity contribution in [1.82, 2.24) is 24.6 Å². The fourth-order valence-electron chi connectivity index (χ4n) is 3.29. The smallest absolute Gasteiger partial charge is 0.322 e. The van der Waals surface area contributed by atoms with Crippen molar-refractivity contribution in [2.75, 3.05) is 44.6 Å². The third-order valence-corrected chi connectivity index (χ3v) is 5.22. The van der Waals surface area contributed by atoms with Gasteiger partial charge in [0.05, 0.1) is 10.7 Å². The third kappa shape index (κ3) is 4.90. The minimum absolute atomic E-state index is 0.136. The number of ether oxygens (including phenoxy) is 1. The van der Waals surface area contributed by atoms with Gasteiger partial charge in [-0.3, -0.25) is 4.90 Å². The Labute approximate surface area is 180 Å². The molecule has 0 aliphatic carbocycles. The van der Waals surface area contributed by atoms with Gasteiger partial charge in [-0.1, -0.05) is 23.7 Å². The number of urea groups is 1. The molecule has 30 heavy (non-hydrogen) atoms. The van der Waals surface area contributed by atoms with E-state index in [0.29, 0.717) is 42.0 Å². The second-order valence-corrected chi connectivity index (χ2v) is 7.27. The lowest BCUT2D eigenvalue weighted by molar-refractivity contribution is 0.132. The van der Waals surface area contributed by atoms with Crippen LogP contribution in [-0.2, 0) is 0 Å². The zero-order valence-electron chi connectivity index (χ0n) is 16.4. The van der Waals surface area contributed by atoms with E-state index in [9.17, 15) is 4.79 Å². The fraction of sp³-hybridized carbons (Fsp3) is 0.286. The molecule has 3 heterocycles. The Morgan fingerprint density at radius 3 is 2.67 bits per heavy atom. The molecule has 1 aliphatic rings. The number of pyridine rings is 1. The van der Waals surface area contributed by atoms with Crippen LogP contribution in [0.2, 0.25) is 5.02 Å². The summed E-state index contributed by atoms with van der Waals surface area (Å²) in [5.74, 6) is 1.29. The third-order valence-electron chi connectivity index (χ3n) is 4.91. The van der Waals surface area contributed by atoms with E-state index < -0.39 is 0 Å². The molecule has 0 spiro atoms. The topological polar surface area (TPSA) is 75.5 Å². The Hall–Kier alpha value is -3.10. The SMILES string of the molecule is O=C(Nc1cccnc1-n1cccn1)N1CCN(CCOc2ccccc2Cl)CC1. The molecule has 0 radical (unpaired) electrons. The van der Waals surface area contributed by atoms with Crippen molar-refractivity contribution >= 4 is 23.3 Å². The van der Waals surface area contributed by atoms with Crippen molar-refractivity contribution in [3.8, 4) is 11.6 Å². The molecule has 0 saturated carbocycles. The summed E-state index contributed by atoms with van der Waals surface area (Å²) in [6.07, 6.45) is 5.15. The zero-order valence-corrected chi connectivity index (χ0v) is 17.2. The number of halogens is 1. The summed E-state index contributed by atoms with van der Waals surface area (Å²) in [6.45, 7) is 4.22. The number of hydrogen-bond acceptors (Lipinski definition) is 5. The van der Waals surface area contributed by atoms with Gasteiger partial charge in [-0.05, 0) is 30.3 Å². The molecule has 156 valence electrons. The predicted octanol–water partition coefficient (Wildman–Crippen LogP) is 3.15. The quantitative estimate of drug-likeness (QED) is 0.655. The summed E-state index contributed by atoms with van der Waals surface area (Å²) in [5, 5.41) is 7.77. The highest BCUT2D eigenvalue weighted by atomic mass is 35.5. The molecule has 0 unspecified atom stereocenters. The van der Waals surface area contributed by atoms with Crippen LogP contribution in [0.1, 0.15) is 0 Å². The van der Waals surface area contributed by atoms with Gasteiger partial charge in [-0.15, -0.1) is 0 Å². The van der Waals surface area contributed by atoms with Crippen molar-refractivity contribution in [2.24, 2.45) is 0 Å². The van der Waals surface area contributed by atoms with Crippen molar-refractivity contribution in [2.45, 2.75) is 0 Å². The van der Waals surface area contributed by atoms with Crippen LogP contribution in [0.4, 0.5) is 10.5 Å². The van der Waals surface area contributed by atoms with Crippen molar-refractivity contribution in [3.63, 3.8) is 0 Å². The predicted molar refractivity (Wildman–Crippen MR) is 115 cm³/mol. The number of piperazine rings is 1. The summed E-state index contributed by atoms with van der Waals surface area (Å²) in [5.41, 5.74) is 0.627. The van der Waals surface area contributed by atoms with Gasteiger partial charge in [0.1, 0.15) is 12.4 Å². The summed E-state index contributed by atoms with van der Waals surface area (Å²) in [7, 11) is 0. The zero-order chi connectivity index (χ0) is 20.8. The molecule has 1 aliphatic heterocycles. The van der Waals surface area contributed by atoms with Gasteiger partial charge >= 0.3 is 6.03 Å². The number of nitrogens with zero attached hydrogens (tertiary/aromatic N) is 5. The van der Waals surface area contributed by atoms with Crippen LogP contribution in [0.15, 0.2) is 61.1 Å². The molecule has 2 aromatic heterocycles. The molecule has 3 aromatic rings. The average molecular weight is 427 g/mol. The molecule has 2 amide bonds. The average Bonchev–Trinajstić information content (AvgIpc) is 3.31. The Morgan fingerprint density at radius 2 is 1.90 bits per heavy atom. The first-order valence-electron chi connectivity index (χ1n) is 9.81. The standard InChI is InChI=1S/C21H23ClN6O2/c22-17-5-1-2-7-19(17)30-16-15-26-11-13-27(14-12-26)21(29)25-18-6-3-8-23-20(18)28-10-4-9-24-28/h1-10H,11-16H2,(H,25,29). The summed E-state index contributed by atoms with van der Waals surface area (Å²) in [6, 6.07) is 12.7. The maximum atomic E-state index is 12.7. The number of nitrogens with one attached hydrogen (secondary N) is 1. The van der Waals surface area contributed by atoms with Crippen molar-refractivity contribution in [3.05, 3.63) is 66.1 Å². The van der Waals surface area contributed by atoms with Gasteiger partial charge in [-0.25, -0.2) is 14.5 Å². The molecule has 4 rings (SSSR count). The van der Waals surface area contributed by atoms with Crippen LogP contribution >= 0.6 is 11.6 Å². The molecule has 1 fully saturated rings. The second-order valence-electron chi connectivity index (χ2n) is 6.86. The first-order chi connectivity index (χ1) is 14.7. The number of hydrogen-bond donors (Lipinski definition) is 1. The number of benzene rings is 1. The lowest BCUT2D eigenvalue weighted by Gasteiger charge is -2.34. The van der Waals surface area contributed by atoms with Gasteiger partial charge in [0.2, 0.25) is 0 Å². The molecule has 0 atom stereocenters. The Morgan fingerprint density at radius 1 is 1.07 bits per heavy atom. The van der Waals surface area contributed by atoms with Crippen LogP contribution in [0.25, 0.3) is 5.82 Å². The maximum Gasteiger partial charge on any atom is 0.322 e. The number of carbonyl (C=O) groups excluding carboxylic acids is 1. The number of carbonyl (C=O) groups is 1. The number of anilines is 1. The van der Waals surface area contributed by atoms with E-state index in [4.69, 9.17) is 16.3 Å². The minimum Gasteiger partial charge on any atom is -0.491 e. The van der Waals surface area contributed by atoms with Gasteiger partial charge in [0.25, 0.3) is 0 Å². The van der Waals surface area contributed by atoms with E-state index in [1.54, 1.807) is 29.3 Å². The van der Waals surface area contributed by atoms with Crippen molar-refractivity contribution < 1.29 is 9.53 Å². The minimum atomic E-state index is -0.136.